The molecule has 4 nitrogen and oxygen atoms in total. The van der Waals surface area contributed by atoms with E-state index in [1.54, 1.807) is 12.1 Å². The monoisotopic (exact) mass is 350 g/mol. The second-order valence-electron chi connectivity index (χ2n) is 5.82. The van der Waals surface area contributed by atoms with Crippen molar-refractivity contribution in [2.75, 3.05) is 31.6 Å². The van der Waals surface area contributed by atoms with Gasteiger partial charge in [-0.25, -0.2) is 13.2 Å². The van der Waals surface area contributed by atoms with Crippen molar-refractivity contribution >= 4 is 11.6 Å². The fourth-order valence-corrected chi connectivity index (χ4v) is 2.70. The Morgan fingerprint density at radius 2 is 1.88 bits per heavy atom. The lowest BCUT2D eigenvalue weighted by atomic mass is 10.1. The fraction of sp³-hybridized carbons (Fsp3) is 0.278. The molecule has 1 aliphatic rings. The van der Waals surface area contributed by atoms with E-state index in [4.69, 9.17) is 4.74 Å². The molecule has 2 aromatic carbocycles. The van der Waals surface area contributed by atoms with Gasteiger partial charge in [0, 0.05) is 24.8 Å². The summed E-state index contributed by atoms with van der Waals surface area (Å²) in [7, 11) is 0. The molecule has 0 bridgehead atoms. The lowest BCUT2D eigenvalue weighted by molar-refractivity contribution is -0.119. The van der Waals surface area contributed by atoms with Gasteiger partial charge in [0.25, 0.3) is 0 Å². The van der Waals surface area contributed by atoms with Crippen LogP contribution < -0.4 is 5.32 Å². The van der Waals surface area contributed by atoms with Crippen molar-refractivity contribution in [3.63, 3.8) is 0 Å². The van der Waals surface area contributed by atoms with Crippen molar-refractivity contribution in [1.82, 2.24) is 4.90 Å². The van der Waals surface area contributed by atoms with Crippen molar-refractivity contribution in [3.8, 4) is 0 Å². The average molecular weight is 350 g/mol. The van der Waals surface area contributed by atoms with Gasteiger partial charge in [-0.2, -0.15) is 0 Å². The Morgan fingerprint density at radius 3 is 2.60 bits per heavy atom. The van der Waals surface area contributed by atoms with Gasteiger partial charge in [0.15, 0.2) is 11.6 Å². The zero-order valence-electron chi connectivity index (χ0n) is 13.3. The number of nitrogens with zero attached hydrogens (tertiary/aromatic N) is 1. The number of amides is 1. The van der Waals surface area contributed by atoms with Gasteiger partial charge in [-0.05, 0) is 29.8 Å². The number of carbonyl (C=O) groups is 1. The van der Waals surface area contributed by atoms with Crippen LogP contribution in [-0.4, -0.2) is 37.0 Å². The molecule has 7 heteroatoms. The van der Waals surface area contributed by atoms with E-state index in [9.17, 15) is 18.0 Å². The van der Waals surface area contributed by atoms with Gasteiger partial charge in [0.1, 0.15) is 5.82 Å². The van der Waals surface area contributed by atoms with Crippen LogP contribution in [0.2, 0.25) is 0 Å². The number of anilines is 1. The number of morpholine rings is 1. The minimum absolute atomic E-state index is 0.0973. The molecule has 1 saturated heterocycles. The first-order valence-corrected chi connectivity index (χ1v) is 7.85. The standard InChI is InChI=1S/C18H17F3N2O2/c19-13-3-1-12(2-4-13)17-10-23(7-8-25-17)11-18(24)22-14-5-6-15(20)16(21)9-14/h1-6,9,17H,7-8,10-11H2,(H,22,24)/t17-/m1/s1. The molecule has 25 heavy (non-hydrogen) atoms. The van der Waals surface area contributed by atoms with Gasteiger partial charge in [-0.1, -0.05) is 12.1 Å². The summed E-state index contributed by atoms with van der Waals surface area (Å²) in [5.74, 6) is -2.62. The van der Waals surface area contributed by atoms with E-state index in [-0.39, 0.29) is 30.1 Å². The van der Waals surface area contributed by atoms with Gasteiger partial charge < -0.3 is 10.1 Å². The molecule has 1 heterocycles. The van der Waals surface area contributed by atoms with E-state index >= 15 is 0 Å². The number of nitrogens with one attached hydrogen (secondary N) is 1. The predicted octanol–water partition coefficient (Wildman–Crippen LogP) is 3.12. The number of ether oxygens (including phenoxy) is 1. The minimum atomic E-state index is -1.01. The third-order valence-electron chi connectivity index (χ3n) is 3.96. The highest BCUT2D eigenvalue weighted by molar-refractivity contribution is 5.92. The number of carbonyl (C=O) groups excluding carboxylic acids is 1. The Balaban J connectivity index is 1.57. The summed E-state index contributed by atoms with van der Waals surface area (Å²) in [6.07, 6.45) is -0.245. The summed E-state index contributed by atoms with van der Waals surface area (Å²) < 4.78 is 44.8. The maximum atomic E-state index is 13.2. The molecule has 0 aliphatic carbocycles. The van der Waals surface area contributed by atoms with Crippen LogP contribution in [-0.2, 0) is 9.53 Å². The number of hydrogen-bond donors (Lipinski definition) is 1. The van der Waals surface area contributed by atoms with Crippen LogP contribution in [0.15, 0.2) is 42.5 Å². The summed E-state index contributed by atoms with van der Waals surface area (Å²) in [6, 6.07) is 9.26. The number of rotatable bonds is 4. The van der Waals surface area contributed by atoms with Crippen LogP contribution in [0.3, 0.4) is 0 Å². The van der Waals surface area contributed by atoms with Crippen molar-refractivity contribution < 1.29 is 22.7 Å². The summed E-state index contributed by atoms with van der Waals surface area (Å²) in [4.78, 5) is 14.0. The van der Waals surface area contributed by atoms with E-state index in [0.29, 0.717) is 19.7 Å². The molecule has 0 saturated carbocycles. The molecule has 1 aliphatic heterocycles. The van der Waals surface area contributed by atoms with Gasteiger partial charge in [-0.15, -0.1) is 0 Å². The third kappa shape index (κ3) is 4.58. The minimum Gasteiger partial charge on any atom is -0.371 e. The van der Waals surface area contributed by atoms with Crippen LogP contribution in [0.4, 0.5) is 18.9 Å². The lowest BCUT2D eigenvalue weighted by Gasteiger charge is -2.32. The van der Waals surface area contributed by atoms with Gasteiger partial charge in [0.05, 0.1) is 19.3 Å². The number of benzene rings is 2. The van der Waals surface area contributed by atoms with Gasteiger partial charge >= 0.3 is 0 Å². The maximum absolute atomic E-state index is 13.2. The summed E-state index contributed by atoms with van der Waals surface area (Å²) in [5, 5.41) is 2.54. The van der Waals surface area contributed by atoms with E-state index in [1.165, 1.54) is 18.2 Å². The molecule has 0 unspecified atom stereocenters. The quantitative estimate of drug-likeness (QED) is 0.921. The molecule has 3 rings (SSSR count). The first-order valence-electron chi connectivity index (χ1n) is 7.85. The highest BCUT2D eigenvalue weighted by Crippen LogP contribution is 2.22. The number of halogens is 3. The largest absolute Gasteiger partial charge is 0.371 e. The molecule has 1 N–H and O–H groups in total. The molecule has 132 valence electrons. The van der Waals surface area contributed by atoms with Crippen molar-refractivity contribution in [2.24, 2.45) is 0 Å². The van der Waals surface area contributed by atoms with Gasteiger partial charge in [-0.3, -0.25) is 9.69 Å². The van der Waals surface area contributed by atoms with Gasteiger partial charge in [0.2, 0.25) is 5.91 Å². The average Bonchev–Trinajstić information content (AvgIpc) is 2.59. The zero-order valence-corrected chi connectivity index (χ0v) is 13.3. The Morgan fingerprint density at radius 1 is 1.12 bits per heavy atom. The molecule has 1 atom stereocenters. The van der Waals surface area contributed by atoms with E-state index < -0.39 is 11.6 Å². The Hall–Kier alpha value is -2.38. The summed E-state index contributed by atoms with van der Waals surface area (Å²) in [6.45, 7) is 1.60. The molecule has 1 fully saturated rings. The second kappa shape index (κ2) is 7.67. The van der Waals surface area contributed by atoms with E-state index in [1.807, 2.05) is 4.90 Å². The molecule has 0 aromatic heterocycles. The maximum Gasteiger partial charge on any atom is 0.238 e. The first-order chi connectivity index (χ1) is 12.0. The molecule has 1 amide bonds. The fourth-order valence-electron chi connectivity index (χ4n) is 2.70. The van der Waals surface area contributed by atoms with Crippen molar-refractivity contribution in [2.45, 2.75) is 6.10 Å². The van der Waals surface area contributed by atoms with E-state index in [0.717, 1.165) is 17.7 Å². The second-order valence-corrected chi connectivity index (χ2v) is 5.82. The summed E-state index contributed by atoms with van der Waals surface area (Å²) >= 11 is 0. The Bertz CT molecular complexity index is 752. The summed E-state index contributed by atoms with van der Waals surface area (Å²) in [5.41, 5.74) is 1.04. The molecule has 0 radical (unpaired) electrons. The lowest BCUT2D eigenvalue weighted by Crippen LogP contribution is -2.42. The highest BCUT2D eigenvalue weighted by Gasteiger charge is 2.23. The molecule has 0 spiro atoms. The SMILES string of the molecule is O=C(CN1CCO[C@@H](c2ccc(F)cc2)C1)Nc1ccc(F)c(F)c1. The highest BCUT2D eigenvalue weighted by atomic mass is 19.2. The predicted molar refractivity (Wildman–Crippen MR) is 86.5 cm³/mol. The van der Waals surface area contributed by atoms with Crippen LogP contribution in [0.25, 0.3) is 0 Å². The first kappa shape index (κ1) is 17.4. The van der Waals surface area contributed by atoms with Crippen LogP contribution >= 0.6 is 0 Å². The van der Waals surface area contributed by atoms with E-state index in [2.05, 4.69) is 5.32 Å². The molecular formula is C18H17F3N2O2. The van der Waals surface area contributed by atoms with Crippen LogP contribution in [0, 0.1) is 17.5 Å². The third-order valence-corrected chi connectivity index (χ3v) is 3.96. The topological polar surface area (TPSA) is 41.6 Å². The molecule has 2 aromatic rings. The molecular weight excluding hydrogens is 333 g/mol. The Labute approximate surface area is 143 Å². The number of hydrogen-bond acceptors (Lipinski definition) is 3. The van der Waals surface area contributed by atoms with Crippen molar-refractivity contribution in [3.05, 3.63) is 65.5 Å². The normalized spacial score (nSPS) is 18.1. The van der Waals surface area contributed by atoms with Crippen LogP contribution in [0.5, 0.6) is 0 Å². The van der Waals surface area contributed by atoms with Crippen molar-refractivity contribution in [1.29, 1.82) is 0 Å². The van der Waals surface area contributed by atoms with Crippen LogP contribution in [0.1, 0.15) is 11.7 Å². The smallest absolute Gasteiger partial charge is 0.238 e. The Kier molecular flexibility index (Phi) is 5.35. The zero-order chi connectivity index (χ0) is 17.8.